The van der Waals surface area contributed by atoms with Crippen molar-refractivity contribution >= 4 is 12.0 Å². The smallest absolute Gasteiger partial charge is 0.150 e. The SMILES string of the molecule is CCN1CCCC1CN(C)c1c(F)cc(C=O)cc1F. The second kappa shape index (κ2) is 6.31. The Hall–Kier alpha value is -1.49. The molecule has 0 aromatic heterocycles. The summed E-state index contributed by atoms with van der Waals surface area (Å²) in [5.74, 6) is -1.37. The molecular weight excluding hydrogens is 262 g/mol. The molecule has 0 spiro atoms. The largest absolute Gasteiger partial charge is 0.368 e. The van der Waals surface area contributed by atoms with Crippen molar-refractivity contribution in [1.29, 1.82) is 0 Å². The van der Waals surface area contributed by atoms with Crippen LogP contribution in [-0.2, 0) is 0 Å². The number of rotatable bonds is 5. The predicted octanol–water partition coefficient (Wildman–Crippen LogP) is 2.70. The van der Waals surface area contributed by atoms with Gasteiger partial charge in [0, 0.05) is 25.2 Å². The lowest BCUT2D eigenvalue weighted by atomic mass is 10.1. The number of hydrogen-bond acceptors (Lipinski definition) is 3. The molecule has 5 heteroatoms. The molecule has 1 heterocycles. The number of halogens is 2. The van der Waals surface area contributed by atoms with Crippen LogP contribution >= 0.6 is 0 Å². The van der Waals surface area contributed by atoms with Crippen LogP contribution in [0.4, 0.5) is 14.5 Å². The van der Waals surface area contributed by atoms with Crippen molar-refractivity contribution in [2.24, 2.45) is 0 Å². The Bertz CT molecular complexity index is 470. The first kappa shape index (κ1) is 14.9. The molecule has 1 aliphatic heterocycles. The van der Waals surface area contributed by atoms with Crippen LogP contribution in [0.25, 0.3) is 0 Å². The van der Waals surface area contributed by atoms with E-state index in [-0.39, 0.29) is 11.3 Å². The van der Waals surface area contributed by atoms with Gasteiger partial charge in [0.15, 0.2) is 0 Å². The molecule has 110 valence electrons. The van der Waals surface area contributed by atoms with Crippen molar-refractivity contribution in [3.63, 3.8) is 0 Å². The Balaban J connectivity index is 2.17. The van der Waals surface area contributed by atoms with Crippen LogP contribution in [0.1, 0.15) is 30.1 Å². The van der Waals surface area contributed by atoms with Crippen LogP contribution in [0.2, 0.25) is 0 Å². The number of aldehydes is 1. The number of hydrogen-bond donors (Lipinski definition) is 0. The highest BCUT2D eigenvalue weighted by atomic mass is 19.1. The van der Waals surface area contributed by atoms with Crippen molar-refractivity contribution in [1.82, 2.24) is 4.90 Å². The first-order chi connectivity index (χ1) is 9.56. The highest BCUT2D eigenvalue weighted by Crippen LogP contribution is 2.26. The van der Waals surface area contributed by atoms with Gasteiger partial charge in [0.25, 0.3) is 0 Å². The highest BCUT2D eigenvalue weighted by molar-refractivity contribution is 5.76. The van der Waals surface area contributed by atoms with Crippen molar-refractivity contribution in [2.75, 3.05) is 31.6 Å². The van der Waals surface area contributed by atoms with E-state index in [1.807, 2.05) is 0 Å². The molecule has 0 N–H and O–H groups in total. The number of benzene rings is 1. The number of likely N-dealkylation sites (tertiary alicyclic amines) is 1. The van der Waals surface area contributed by atoms with Crippen LogP contribution in [0.5, 0.6) is 0 Å². The van der Waals surface area contributed by atoms with Crippen molar-refractivity contribution in [3.05, 3.63) is 29.3 Å². The fourth-order valence-corrected chi connectivity index (χ4v) is 2.94. The molecule has 0 saturated carbocycles. The topological polar surface area (TPSA) is 23.6 Å². The van der Waals surface area contributed by atoms with Crippen LogP contribution in [-0.4, -0.2) is 43.9 Å². The molecule has 0 bridgehead atoms. The maximum atomic E-state index is 13.9. The van der Waals surface area contributed by atoms with Crippen molar-refractivity contribution < 1.29 is 13.6 Å². The molecule has 0 aliphatic carbocycles. The van der Waals surface area contributed by atoms with Crippen molar-refractivity contribution in [3.8, 4) is 0 Å². The summed E-state index contributed by atoms with van der Waals surface area (Å²) in [6.07, 6.45) is 2.63. The molecule has 1 atom stereocenters. The summed E-state index contributed by atoms with van der Waals surface area (Å²) >= 11 is 0. The molecule has 1 unspecified atom stereocenters. The molecule has 1 fully saturated rings. The summed E-state index contributed by atoms with van der Waals surface area (Å²) in [7, 11) is 1.69. The second-order valence-electron chi connectivity index (χ2n) is 5.26. The second-order valence-corrected chi connectivity index (χ2v) is 5.26. The Morgan fingerprint density at radius 3 is 2.60 bits per heavy atom. The van der Waals surface area contributed by atoms with Gasteiger partial charge in [-0.15, -0.1) is 0 Å². The van der Waals surface area contributed by atoms with Gasteiger partial charge in [-0.2, -0.15) is 0 Å². The van der Waals surface area contributed by atoms with Crippen LogP contribution in [0.3, 0.4) is 0 Å². The number of carbonyl (C=O) groups excluding carboxylic acids is 1. The molecule has 0 amide bonds. The monoisotopic (exact) mass is 282 g/mol. The van der Waals surface area contributed by atoms with Gasteiger partial charge in [-0.25, -0.2) is 8.78 Å². The van der Waals surface area contributed by atoms with E-state index in [9.17, 15) is 13.6 Å². The Morgan fingerprint density at radius 1 is 1.40 bits per heavy atom. The first-order valence-corrected chi connectivity index (χ1v) is 6.96. The zero-order chi connectivity index (χ0) is 14.7. The molecule has 2 rings (SSSR count). The van der Waals surface area contributed by atoms with E-state index < -0.39 is 11.6 Å². The fourth-order valence-electron chi connectivity index (χ4n) is 2.94. The maximum absolute atomic E-state index is 13.9. The summed E-state index contributed by atoms with van der Waals surface area (Å²) in [6, 6.07) is 2.48. The number of likely N-dealkylation sites (N-methyl/N-ethyl adjacent to an activating group) is 2. The molecule has 1 saturated heterocycles. The van der Waals surface area contributed by atoms with Gasteiger partial charge in [-0.3, -0.25) is 9.69 Å². The summed E-state index contributed by atoms with van der Waals surface area (Å²) < 4.78 is 27.9. The van der Waals surface area contributed by atoms with E-state index in [1.165, 1.54) is 0 Å². The average molecular weight is 282 g/mol. The third-order valence-electron chi connectivity index (χ3n) is 3.95. The minimum atomic E-state index is -0.685. The lowest BCUT2D eigenvalue weighted by molar-refractivity contribution is 0.112. The zero-order valence-corrected chi connectivity index (χ0v) is 11.9. The average Bonchev–Trinajstić information content (AvgIpc) is 2.84. The van der Waals surface area contributed by atoms with E-state index in [1.54, 1.807) is 11.9 Å². The Labute approximate surface area is 118 Å². The van der Waals surface area contributed by atoms with E-state index in [0.29, 0.717) is 18.9 Å². The molecule has 20 heavy (non-hydrogen) atoms. The number of carbonyl (C=O) groups is 1. The molecule has 1 aliphatic rings. The van der Waals surface area contributed by atoms with E-state index >= 15 is 0 Å². The summed E-state index contributed by atoms with van der Waals surface area (Å²) in [5, 5.41) is 0. The molecule has 3 nitrogen and oxygen atoms in total. The van der Waals surface area contributed by atoms with Gasteiger partial charge in [-0.05, 0) is 38.1 Å². The first-order valence-electron chi connectivity index (χ1n) is 6.96. The Kier molecular flexibility index (Phi) is 4.70. The minimum absolute atomic E-state index is 0.0215. The Morgan fingerprint density at radius 2 is 2.05 bits per heavy atom. The van der Waals surface area contributed by atoms with Gasteiger partial charge < -0.3 is 4.90 Å². The highest BCUT2D eigenvalue weighted by Gasteiger charge is 2.26. The summed E-state index contributed by atoms with van der Waals surface area (Å²) in [4.78, 5) is 14.5. The van der Waals surface area contributed by atoms with Crippen LogP contribution in [0, 0.1) is 11.6 Å². The normalized spacial score (nSPS) is 19.3. The molecule has 0 radical (unpaired) electrons. The van der Waals surface area contributed by atoms with Gasteiger partial charge in [0.1, 0.15) is 23.6 Å². The van der Waals surface area contributed by atoms with E-state index in [0.717, 1.165) is 38.1 Å². The lowest BCUT2D eigenvalue weighted by Crippen LogP contribution is -2.39. The van der Waals surface area contributed by atoms with Crippen molar-refractivity contribution in [2.45, 2.75) is 25.8 Å². The molecule has 1 aromatic carbocycles. The summed E-state index contributed by atoms with van der Waals surface area (Å²) in [5.41, 5.74) is -0.0354. The van der Waals surface area contributed by atoms with Crippen LogP contribution < -0.4 is 4.90 Å². The maximum Gasteiger partial charge on any atom is 0.150 e. The van der Waals surface area contributed by atoms with E-state index in [2.05, 4.69) is 11.8 Å². The zero-order valence-electron chi connectivity index (χ0n) is 11.9. The molecular formula is C15H20F2N2O. The van der Waals surface area contributed by atoms with E-state index in [4.69, 9.17) is 0 Å². The summed E-state index contributed by atoms with van der Waals surface area (Å²) in [6.45, 7) is 4.68. The standard InChI is InChI=1S/C15H20F2N2O/c1-3-19-6-4-5-12(19)9-18(2)15-13(16)7-11(10-20)8-14(15)17/h7-8,10,12H,3-6,9H2,1-2H3. The number of nitrogens with zero attached hydrogens (tertiary/aromatic N) is 2. The quantitative estimate of drug-likeness (QED) is 0.776. The van der Waals surface area contributed by atoms with Gasteiger partial charge >= 0.3 is 0 Å². The van der Waals surface area contributed by atoms with Gasteiger partial charge in [0.2, 0.25) is 0 Å². The lowest BCUT2D eigenvalue weighted by Gasteiger charge is -2.29. The van der Waals surface area contributed by atoms with Gasteiger partial charge in [0.05, 0.1) is 0 Å². The minimum Gasteiger partial charge on any atom is -0.368 e. The predicted molar refractivity (Wildman–Crippen MR) is 75.3 cm³/mol. The van der Waals surface area contributed by atoms with Crippen LogP contribution in [0.15, 0.2) is 12.1 Å². The molecule has 1 aromatic rings. The fraction of sp³-hybridized carbons (Fsp3) is 0.533. The number of anilines is 1. The van der Waals surface area contributed by atoms with Gasteiger partial charge in [-0.1, -0.05) is 6.92 Å². The third-order valence-corrected chi connectivity index (χ3v) is 3.95. The third kappa shape index (κ3) is 2.98.